The van der Waals surface area contributed by atoms with Gasteiger partial charge in [-0.1, -0.05) is 17.7 Å². The second kappa shape index (κ2) is 5.59. The van der Waals surface area contributed by atoms with Gasteiger partial charge in [-0.3, -0.25) is 4.79 Å². The topological polar surface area (TPSA) is 97.1 Å². The van der Waals surface area contributed by atoms with E-state index in [1.165, 1.54) is 6.92 Å². The van der Waals surface area contributed by atoms with Gasteiger partial charge in [0, 0.05) is 18.5 Å². The molecule has 1 aromatic heterocycles. The molecule has 1 saturated carbocycles. The van der Waals surface area contributed by atoms with Crippen LogP contribution in [-0.4, -0.2) is 32.0 Å². The first-order valence-electron chi connectivity index (χ1n) is 7.13. The van der Waals surface area contributed by atoms with E-state index in [4.69, 9.17) is 0 Å². The van der Waals surface area contributed by atoms with Gasteiger partial charge in [-0.15, -0.1) is 5.10 Å². The zero-order valence-corrected chi connectivity index (χ0v) is 12.1. The summed E-state index contributed by atoms with van der Waals surface area (Å²) in [5, 5.41) is 19.8. The fraction of sp³-hybridized carbons (Fsp3) is 0.333. The van der Waals surface area contributed by atoms with Crippen molar-refractivity contribution in [3.05, 3.63) is 35.7 Å². The average Bonchev–Trinajstić information content (AvgIpc) is 2.81. The number of carboxylic acids is 1. The monoisotopic (exact) mass is 300 g/mol. The summed E-state index contributed by atoms with van der Waals surface area (Å²) < 4.78 is 1.57. The van der Waals surface area contributed by atoms with Crippen molar-refractivity contribution in [2.45, 2.75) is 32.1 Å². The molecule has 3 rings (SSSR count). The van der Waals surface area contributed by atoms with Gasteiger partial charge in [-0.25, -0.2) is 9.48 Å². The van der Waals surface area contributed by atoms with Gasteiger partial charge >= 0.3 is 5.97 Å². The number of hydrogen-bond acceptors (Lipinski definition) is 4. The number of nitrogens with zero attached hydrogens (tertiary/aromatic N) is 3. The normalized spacial score (nSPS) is 14.4. The third-order valence-corrected chi connectivity index (χ3v) is 3.81. The molecule has 0 atom stereocenters. The van der Waals surface area contributed by atoms with Crippen LogP contribution in [0.4, 0.5) is 5.69 Å². The molecule has 0 spiro atoms. The number of nitrogens with one attached hydrogen (secondary N) is 1. The zero-order chi connectivity index (χ0) is 15.7. The van der Waals surface area contributed by atoms with Gasteiger partial charge < -0.3 is 10.4 Å². The molecule has 0 unspecified atom stereocenters. The molecule has 1 heterocycles. The minimum Gasteiger partial charge on any atom is -0.476 e. The van der Waals surface area contributed by atoms with Crippen LogP contribution in [0.15, 0.2) is 24.3 Å². The first kappa shape index (κ1) is 14.2. The van der Waals surface area contributed by atoms with Gasteiger partial charge in [-0.05, 0) is 31.0 Å². The van der Waals surface area contributed by atoms with E-state index >= 15 is 0 Å². The van der Waals surface area contributed by atoms with Crippen LogP contribution < -0.4 is 5.32 Å². The quantitative estimate of drug-likeness (QED) is 0.902. The molecule has 0 aliphatic heterocycles. The first-order valence-corrected chi connectivity index (χ1v) is 7.13. The number of aromatic carboxylic acids is 1. The van der Waals surface area contributed by atoms with Crippen LogP contribution in [0.25, 0.3) is 5.69 Å². The van der Waals surface area contributed by atoms with Crippen molar-refractivity contribution in [2.75, 3.05) is 5.32 Å². The Bertz CT molecular complexity index is 734. The number of amides is 1. The standard InChI is InChI=1S/C15H16N4O3/c1-9(20)16-11-6-3-7-12(8-11)19-14(10-4-2-5-10)13(15(21)22)17-18-19/h3,6-8,10H,2,4-5H2,1H3,(H,16,20)(H,21,22). The molecule has 1 fully saturated rings. The van der Waals surface area contributed by atoms with Gasteiger partial charge in [0.25, 0.3) is 0 Å². The lowest BCUT2D eigenvalue weighted by Crippen LogP contribution is -2.17. The maximum atomic E-state index is 11.4. The van der Waals surface area contributed by atoms with E-state index in [1.807, 2.05) is 6.07 Å². The van der Waals surface area contributed by atoms with Gasteiger partial charge in [0.2, 0.25) is 5.91 Å². The summed E-state index contributed by atoms with van der Waals surface area (Å²) in [5.74, 6) is -1.06. The van der Waals surface area contributed by atoms with E-state index in [0.29, 0.717) is 17.1 Å². The SMILES string of the molecule is CC(=O)Nc1cccc(-n2nnc(C(=O)O)c2C2CCC2)c1. The van der Waals surface area contributed by atoms with E-state index < -0.39 is 5.97 Å². The molecule has 1 aliphatic carbocycles. The van der Waals surface area contributed by atoms with Crippen molar-refractivity contribution in [3.63, 3.8) is 0 Å². The lowest BCUT2D eigenvalue weighted by Gasteiger charge is -2.26. The van der Waals surface area contributed by atoms with Crippen molar-refractivity contribution < 1.29 is 14.7 Å². The molecule has 0 bridgehead atoms. The third kappa shape index (κ3) is 2.57. The molecular formula is C15H16N4O3. The smallest absolute Gasteiger partial charge is 0.358 e. The fourth-order valence-electron chi connectivity index (χ4n) is 2.60. The Morgan fingerprint density at radius 2 is 2.14 bits per heavy atom. The van der Waals surface area contributed by atoms with E-state index in [1.54, 1.807) is 22.9 Å². The number of carbonyl (C=O) groups excluding carboxylic acids is 1. The number of hydrogen-bond donors (Lipinski definition) is 2. The maximum absolute atomic E-state index is 11.4. The highest BCUT2D eigenvalue weighted by atomic mass is 16.4. The molecule has 2 N–H and O–H groups in total. The minimum absolute atomic E-state index is 0.00892. The molecule has 1 aromatic carbocycles. The molecule has 7 nitrogen and oxygen atoms in total. The van der Waals surface area contributed by atoms with E-state index in [2.05, 4.69) is 15.6 Å². The second-order valence-electron chi connectivity index (χ2n) is 5.40. The molecule has 0 radical (unpaired) electrons. The Labute approximate surface area is 126 Å². The lowest BCUT2D eigenvalue weighted by molar-refractivity contribution is -0.114. The summed E-state index contributed by atoms with van der Waals surface area (Å²) in [6.07, 6.45) is 2.97. The second-order valence-corrected chi connectivity index (χ2v) is 5.40. The average molecular weight is 300 g/mol. The van der Waals surface area contributed by atoms with Gasteiger partial charge in [0.15, 0.2) is 5.69 Å². The summed E-state index contributed by atoms with van der Waals surface area (Å²) in [4.78, 5) is 22.5. The molecule has 1 amide bonds. The van der Waals surface area contributed by atoms with Crippen LogP contribution >= 0.6 is 0 Å². The highest BCUT2D eigenvalue weighted by Crippen LogP contribution is 2.38. The summed E-state index contributed by atoms with van der Waals surface area (Å²) in [5.41, 5.74) is 1.97. The summed E-state index contributed by atoms with van der Waals surface area (Å²) in [7, 11) is 0. The fourth-order valence-corrected chi connectivity index (χ4v) is 2.60. The molecule has 1 aliphatic rings. The Morgan fingerprint density at radius 1 is 1.36 bits per heavy atom. The Hall–Kier alpha value is -2.70. The largest absolute Gasteiger partial charge is 0.476 e. The predicted octanol–water partition coefficient (Wildman–Crippen LogP) is 2.19. The van der Waals surface area contributed by atoms with Crippen LogP contribution in [0.5, 0.6) is 0 Å². The van der Waals surface area contributed by atoms with Crippen LogP contribution in [0.2, 0.25) is 0 Å². The van der Waals surface area contributed by atoms with E-state index in [-0.39, 0.29) is 17.5 Å². The maximum Gasteiger partial charge on any atom is 0.358 e. The van der Waals surface area contributed by atoms with Crippen molar-refractivity contribution in [3.8, 4) is 5.69 Å². The van der Waals surface area contributed by atoms with Crippen LogP contribution in [-0.2, 0) is 4.79 Å². The van der Waals surface area contributed by atoms with Crippen molar-refractivity contribution in [1.29, 1.82) is 0 Å². The van der Waals surface area contributed by atoms with Crippen molar-refractivity contribution in [1.82, 2.24) is 15.0 Å². The lowest BCUT2D eigenvalue weighted by atomic mass is 9.82. The van der Waals surface area contributed by atoms with Gasteiger partial charge in [0.1, 0.15) is 0 Å². The number of carbonyl (C=O) groups is 2. The number of anilines is 1. The Morgan fingerprint density at radius 3 is 2.73 bits per heavy atom. The minimum atomic E-state index is -1.06. The Balaban J connectivity index is 2.04. The predicted molar refractivity (Wildman–Crippen MR) is 79.2 cm³/mol. The number of rotatable bonds is 4. The third-order valence-electron chi connectivity index (χ3n) is 3.81. The van der Waals surface area contributed by atoms with Crippen LogP contribution in [0.1, 0.15) is 48.3 Å². The summed E-state index contributed by atoms with van der Waals surface area (Å²) >= 11 is 0. The van der Waals surface area contributed by atoms with Gasteiger partial charge in [-0.2, -0.15) is 0 Å². The van der Waals surface area contributed by atoms with Crippen molar-refractivity contribution in [2.24, 2.45) is 0 Å². The number of carboxylic acid groups (broad SMARTS) is 1. The van der Waals surface area contributed by atoms with Gasteiger partial charge in [0.05, 0.1) is 11.4 Å². The Kier molecular flexibility index (Phi) is 3.62. The zero-order valence-electron chi connectivity index (χ0n) is 12.1. The molecule has 114 valence electrons. The molecule has 7 heteroatoms. The molecule has 2 aromatic rings. The highest BCUT2D eigenvalue weighted by molar-refractivity contribution is 5.89. The summed E-state index contributed by atoms with van der Waals surface area (Å²) in [6.45, 7) is 1.43. The van der Waals surface area contributed by atoms with Crippen LogP contribution in [0.3, 0.4) is 0 Å². The first-order chi connectivity index (χ1) is 10.6. The summed E-state index contributed by atoms with van der Waals surface area (Å²) in [6, 6.07) is 7.12. The molecular weight excluding hydrogens is 284 g/mol. The molecule has 22 heavy (non-hydrogen) atoms. The molecule has 0 saturated heterocycles. The van der Waals surface area contributed by atoms with E-state index in [9.17, 15) is 14.7 Å². The van der Waals surface area contributed by atoms with Crippen molar-refractivity contribution >= 4 is 17.6 Å². The number of aromatic nitrogens is 3. The number of benzene rings is 1. The van der Waals surface area contributed by atoms with E-state index in [0.717, 1.165) is 19.3 Å². The van der Waals surface area contributed by atoms with Crippen LogP contribution in [0, 0.1) is 0 Å². The highest BCUT2D eigenvalue weighted by Gasteiger charge is 2.31.